The fourth-order valence-corrected chi connectivity index (χ4v) is 4.27. The number of anilines is 1. The van der Waals surface area contributed by atoms with Gasteiger partial charge in [-0.2, -0.15) is 0 Å². The van der Waals surface area contributed by atoms with Gasteiger partial charge in [0.05, 0.1) is 5.69 Å². The maximum atomic E-state index is 12.5. The van der Waals surface area contributed by atoms with E-state index in [4.69, 9.17) is 4.98 Å². The number of nitrogens with zero attached hydrogens (tertiary/aromatic N) is 3. The molecule has 3 heterocycles. The van der Waals surface area contributed by atoms with E-state index >= 15 is 0 Å². The van der Waals surface area contributed by atoms with Gasteiger partial charge in [0, 0.05) is 41.0 Å². The maximum absolute atomic E-state index is 12.5. The monoisotopic (exact) mass is 366 g/mol. The second kappa shape index (κ2) is 6.96. The zero-order valence-corrected chi connectivity index (χ0v) is 15.8. The third-order valence-electron chi connectivity index (χ3n) is 4.83. The minimum Gasteiger partial charge on any atom is -0.348 e. The molecule has 1 aliphatic rings. The number of rotatable bonds is 4. The Bertz CT molecular complexity index is 923. The van der Waals surface area contributed by atoms with E-state index in [0.29, 0.717) is 5.56 Å². The largest absolute Gasteiger partial charge is 0.348 e. The zero-order chi connectivity index (χ0) is 18.1. The van der Waals surface area contributed by atoms with Crippen molar-refractivity contribution in [2.75, 3.05) is 23.4 Å². The molecule has 6 heteroatoms. The van der Waals surface area contributed by atoms with Crippen molar-refractivity contribution in [2.24, 2.45) is 0 Å². The van der Waals surface area contributed by atoms with Gasteiger partial charge >= 0.3 is 0 Å². The number of hydrogen-bond donors (Lipinski definition) is 1. The second-order valence-electron chi connectivity index (χ2n) is 6.64. The zero-order valence-electron chi connectivity index (χ0n) is 15.0. The van der Waals surface area contributed by atoms with E-state index in [1.807, 2.05) is 48.9 Å². The molecule has 134 valence electrons. The van der Waals surface area contributed by atoms with E-state index in [-0.39, 0.29) is 5.91 Å². The number of nitrogens with one attached hydrogen (secondary N) is 1. The average molecular weight is 366 g/mol. The topological polar surface area (TPSA) is 50.2 Å². The van der Waals surface area contributed by atoms with Crippen LogP contribution in [-0.2, 0) is 0 Å². The van der Waals surface area contributed by atoms with Crippen LogP contribution in [0.2, 0.25) is 0 Å². The van der Waals surface area contributed by atoms with Gasteiger partial charge in [0.1, 0.15) is 0 Å². The standard InChI is InChI=1S/C20H22N4OS/c1-14-12-17(18-13-26-20(21-18)23-10-6-7-11-23)15(2)24(14)22-19(25)16-8-4-3-5-9-16/h3-5,8-9,12-13H,6-7,10-11H2,1-2H3,(H,22,25). The van der Waals surface area contributed by atoms with E-state index in [1.165, 1.54) is 12.8 Å². The van der Waals surface area contributed by atoms with Crippen molar-refractivity contribution in [3.63, 3.8) is 0 Å². The number of benzene rings is 1. The van der Waals surface area contributed by atoms with Crippen LogP contribution in [0.1, 0.15) is 34.6 Å². The molecule has 26 heavy (non-hydrogen) atoms. The van der Waals surface area contributed by atoms with E-state index < -0.39 is 0 Å². The highest BCUT2D eigenvalue weighted by molar-refractivity contribution is 7.14. The molecule has 1 aliphatic heterocycles. The molecule has 0 atom stereocenters. The number of hydrogen-bond acceptors (Lipinski definition) is 4. The molecule has 1 aromatic carbocycles. The lowest BCUT2D eigenvalue weighted by atomic mass is 10.2. The molecule has 1 N–H and O–H groups in total. The summed E-state index contributed by atoms with van der Waals surface area (Å²) in [5.74, 6) is -0.116. The summed E-state index contributed by atoms with van der Waals surface area (Å²) in [6.45, 7) is 6.20. The van der Waals surface area contributed by atoms with E-state index in [1.54, 1.807) is 11.3 Å². The first-order valence-corrected chi connectivity index (χ1v) is 9.77. The second-order valence-corrected chi connectivity index (χ2v) is 7.47. The van der Waals surface area contributed by atoms with Gasteiger partial charge in [0.15, 0.2) is 5.13 Å². The predicted octanol–water partition coefficient (Wildman–Crippen LogP) is 4.21. The Balaban J connectivity index is 1.59. The summed E-state index contributed by atoms with van der Waals surface area (Å²) < 4.78 is 1.85. The minimum atomic E-state index is -0.116. The molecule has 4 rings (SSSR count). The van der Waals surface area contributed by atoms with Crippen LogP contribution in [0, 0.1) is 13.8 Å². The highest BCUT2D eigenvalue weighted by Gasteiger charge is 2.19. The molecule has 1 saturated heterocycles. The van der Waals surface area contributed by atoms with Crippen LogP contribution in [-0.4, -0.2) is 28.7 Å². The molecule has 0 saturated carbocycles. The van der Waals surface area contributed by atoms with Crippen molar-refractivity contribution < 1.29 is 4.79 Å². The average Bonchev–Trinajstić information content (AvgIpc) is 3.39. The number of carbonyl (C=O) groups is 1. The van der Waals surface area contributed by atoms with E-state index in [9.17, 15) is 4.79 Å². The summed E-state index contributed by atoms with van der Waals surface area (Å²) in [4.78, 5) is 19.7. The first kappa shape index (κ1) is 16.8. The Labute approximate surface area is 157 Å². The molecule has 0 aliphatic carbocycles. The van der Waals surface area contributed by atoms with Gasteiger partial charge in [-0.05, 0) is 44.9 Å². The molecule has 0 bridgehead atoms. The Kier molecular flexibility index (Phi) is 4.51. The highest BCUT2D eigenvalue weighted by Crippen LogP contribution is 2.32. The van der Waals surface area contributed by atoms with Crippen molar-refractivity contribution in [2.45, 2.75) is 26.7 Å². The Morgan fingerprint density at radius 1 is 1.15 bits per heavy atom. The molecule has 2 aromatic heterocycles. The van der Waals surface area contributed by atoms with Gasteiger partial charge in [-0.1, -0.05) is 18.2 Å². The summed E-state index contributed by atoms with van der Waals surface area (Å²) >= 11 is 1.69. The number of carbonyl (C=O) groups excluding carboxylic acids is 1. The van der Waals surface area contributed by atoms with Crippen molar-refractivity contribution in [1.82, 2.24) is 9.66 Å². The third kappa shape index (κ3) is 3.12. The Morgan fingerprint density at radius 2 is 1.88 bits per heavy atom. The lowest BCUT2D eigenvalue weighted by molar-refractivity contribution is 0.101. The third-order valence-corrected chi connectivity index (χ3v) is 5.73. The molecular formula is C20H22N4OS. The molecule has 0 radical (unpaired) electrons. The quantitative estimate of drug-likeness (QED) is 0.752. The van der Waals surface area contributed by atoms with Crippen molar-refractivity contribution in [3.8, 4) is 11.3 Å². The number of aromatic nitrogens is 2. The Morgan fingerprint density at radius 3 is 2.62 bits per heavy atom. The number of amides is 1. The summed E-state index contributed by atoms with van der Waals surface area (Å²) in [6, 6.07) is 11.3. The highest BCUT2D eigenvalue weighted by atomic mass is 32.1. The summed E-state index contributed by atoms with van der Waals surface area (Å²) in [7, 11) is 0. The molecule has 0 unspecified atom stereocenters. The van der Waals surface area contributed by atoms with Crippen LogP contribution in [0.25, 0.3) is 11.3 Å². The van der Waals surface area contributed by atoms with Crippen molar-refractivity contribution in [3.05, 3.63) is 58.7 Å². The van der Waals surface area contributed by atoms with Crippen molar-refractivity contribution >= 4 is 22.4 Å². The van der Waals surface area contributed by atoms with E-state index in [0.717, 1.165) is 40.9 Å². The first-order valence-electron chi connectivity index (χ1n) is 8.89. The SMILES string of the molecule is Cc1cc(-c2csc(N3CCCC3)n2)c(C)n1NC(=O)c1ccccc1. The van der Waals surface area contributed by atoms with Gasteiger partial charge in [0.25, 0.3) is 5.91 Å². The maximum Gasteiger partial charge on any atom is 0.270 e. The smallest absolute Gasteiger partial charge is 0.270 e. The van der Waals surface area contributed by atoms with Gasteiger partial charge in [-0.15, -0.1) is 11.3 Å². The van der Waals surface area contributed by atoms with E-state index in [2.05, 4.69) is 21.8 Å². The summed E-state index contributed by atoms with van der Waals surface area (Å²) in [6.07, 6.45) is 2.49. The van der Waals surface area contributed by atoms with Crippen LogP contribution in [0.4, 0.5) is 5.13 Å². The molecule has 5 nitrogen and oxygen atoms in total. The van der Waals surface area contributed by atoms with Gasteiger partial charge in [-0.3, -0.25) is 14.9 Å². The molecule has 1 fully saturated rings. The predicted molar refractivity (Wildman–Crippen MR) is 107 cm³/mol. The van der Waals surface area contributed by atoms with Gasteiger partial charge in [-0.25, -0.2) is 4.98 Å². The lowest BCUT2D eigenvalue weighted by Gasteiger charge is -2.12. The molecule has 3 aromatic rings. The van der Waals surface area contributed by atoms with Gasteiger partial charge < -0.3 is 4.90 Å². The van der Waals surface area contributed by atoms with Gasteiger partial charge in [0.2, 0.25) is 0 Å². The normalized spacial score (nSPS) is 14.0. The van der Waals surface area contributed by atoms with Crippen molar-refractivity contribution in [1.29, 1.82) is 0 Å². The van der Waals surface area contributed by atoms with Crippen LogP contribution in [0.3, 0.4) is 0 Å². The van der Waals surface area contributed by atoms with Crippen LogP contribution in [0.15, 0.2) is 41.8 Å². The lowest BCUT2D eigenvalue weighted by Crippen LogP contribution is -2.24. The summed E-state index contributed by atoms with van der Waals surface area (Å²) in [5.41, 5.74) is 7.65. The first-order chi connectivity index (χ1) is 12.6. The summed E-state index contributed by atoms with van der Waals surface area (Å²) in [5, 5.41) is 3.20. The molecule has 1 amide bonds. The minimum absolute atomic E-state index is 0.116. The fourth-order valence-electron chi connectivity index (χ4n) is 3.39. The van der Waals surface area contributed by atoms with Crippen LogP contribution < -0.4 is 10.3 Å². The number of aryl methyl sites for hydroxylation is 1. The molecular weight excluding hydrogens is 344 g/mol. The Hall–Kier alpha value is -2.60. The number of thiazole rings is 1. The fraction of sp³-hybridized carbons (Fsp3) is 0.300. The van der Waals surface area contributed by atoms with Crippen LogP contribution >= 0.6 is 11.3 Å². The molecule has 0 spiro atoms. The van der Waals surface area contributed by atoms with Crippen LogP contribution in [0.5, 0.6) is 0 Å².